The largest absolute Gasteiger partial charge is 0.357 e. The first kappa shape index (κ1) is 19.2. The van der Waals surface area contributed by atoms with Crippen LogP contribution in [0.15, 0.2) is 4.99 Å². The van der Waals surface area contributed by atoms with Crippen LogP contribution < -0.4 is 15.4 Å². The maximum Gasteiger partial charge on any atom is 0.208 e. The lowest BCUT2D eigenvalue weighted by atomic mass is 10.2. The average molecular weight is 306 g/mol. The van der Waals surface area contributed by atoms with Crippen molar-refractivity contribution in [2.24, 2.45) is 4.99 Å². The van der Waals surface area contributed by atoms with Crippen LogP contribution in [0.2, 0.25) is 0 Å². The maximum absolute atomic E-state index is 10.9. The van der Waals surface area contributed by atoms with Gasteiger partial charge in [0.1, 0.15) is 0 Å². The van der Waals surface area contributed by atoms with Crippen molar-refractivity contribution in [1.82, 2.24) is 15.4 Å². The van der Waals surface area contributed by atoms with Crippen LogP contribution in [0.3, 0.4) is 0 Å². The zero-order valence-electron chi connectivity index (χ0n) is 13.0. The van der Waals surface area contributed by atoms with Crippen LogP contribution in [0.4, 0.5) is 0 Å². The normalized spacial score (nSPS) is 12.4. The van der Waals surface area contributed by atoms with E-state index >= 15 is 0 Å². The predicted octanol–water partition coefficient (Wildman–Crippen LogP) is 1.06. The van der Waals surface area contributed by atoms with Gasteiger partial charge >= 0.3 is 0 Å². The molecule has 3 N–H and O–H groups in total. The Kier molecular flexibility index (Phi) is 11.5. The molecule has 0 atom stereocenters. The molecule has 0 aliphatic rings. The van der Waals surface area contributed by atoms with Crippen LogP contribution >= 0.6 is 0 Å². The highest BCUT2D eigenvalue weighted by Crippen LogP contribution is 1.96. The zero-order valence-corrected chi connectivity index (χ0v) is 13.9. The number of sulfonamides is 1. The smallest absolute Gasteiger partial charge is 0.208 e. The van der Waals surface area contributed by atoms with Gasteiger partial charge in [0.2, 0.25) is 10.0 Å². The van der Waals surface area contributed by atoms with E-state index in [0.29, 0.717) is 19.5 Å². The van der Waals surface area contributed by atoms with Gasteiger partial charge in [0.25, 0.3) is 0 Å². The topological polar surface area (TPSA) is 82.6 Å². The van der Waals surface area contributed by atoms with E-state index in [1.54, 1.807) is 0 Å². The lowest BCUT2D eigenvalue weighted by Gasteiger charge is -2.11. The first-order valence-electron chi connectivity index (χ1n) is 7.46. The molecule has 20 heavy (non-hydrogen) atoms. The molecule has 0 aliphatic heterocycles. The van der Waals surface area contributed by atoms with Gasteiger partial charge in [-0.25, -0.2) is 13.1 Å². The summed E-state index contributed by atoms with van der Waals surface area (Å²) in [4.78, 5) is 4.41. The quantitative estimate of drug-likeness (QED) is 0.303. The molecule has 0 spiro atoms. The number of hydrogen-bond donors (Lipinski definition) is 3. The predicted molar refractivity (Wildman–Crippen MR) is 85.6 cm³/mol. The Balaban J connectivity index is 3.83. The number of hydrogen-bond acceptors (Lipinski definition) is 3. The molecular weight excluding hydrogens is 276 g/mol. The summed E-state index contributed by atoms with van der Waals surface area (Å²) in [6.07, 6.45) is 6.75. The molecule has 0 aromatic rings. The van der Waals surface area contributed by atoms with Gasteiger partial charge in [-0.3, -0.25) is 4.99 Å². The molecule has 120 valence electrons. The van der Waals surface area contributed by atoms with Crippen molar-refractivity contribution < 1.29 is 8.42 Å². The number of unbranched alkanes of at least 4 members (excludes halogenated alkanes) is 3. The fourth-order valence-corrected chi connectivity index (χ4v) is 2.14. The molecule has 7 heteroatoms. The van der Waals surface area contributed by atoms with Crippen LogP contribution in [-0.2, 0) is 10.0 Å². The number of nitrogens with one attached hydrogen (secondary N) is 3. The number of rotatable bonds is 11. The minimum atomic E-state index is -3.09. The molecule has 0 aromatic carbocycles. The second-order valence-electron chi connectivity index (χ2n) is 4.77. The highest BCUT2D eigenvalue weighted by molar-refractivity contribution is 7.88. The van der Waals surface area contributed by atoms with Crippen LogP contribution in [0.25, 0.3) is 0 Å². The molecule has 0 bridgehead atoms. The Labute approximate surface area is 123 Å². The number of nitrogens with zero attached hydrogens (tertiary/aromatic N) is 1. The van der Waals surface area contributed by atoms with E-state index in [2.05, 4.69) is 27.3 Å². The molecule has 0 unspecified atom stereocenters. The van der Waals surface area contributed by atoms with E-state index < -0.39 is 10.0 Å². The van der Waals surface area contributed by atoms with E-state index in [0.717, 1.165) is 31.7 Å². The Hall–Kier alpha value is -0.820. The summed E-state index contributed by atoms with van der Waals surface area (Å²) in [7, 11) is -3.09. The van der Waals surface area contributed by atoms with Gasteiger partial charge in [0.05, 0.1) is 6.26 Å². The second kappa shape index (κ2) is 12.0. The van der Waals surface area contributed by atoms with Gasteiger partial charge in [0, 0.05) is 26.2 Å². The standard InChI is InChI=1S/C13H30N4O2S/c1-4-6-7-8-10-15-13(14-5-2)16-11-9-12-17-20(3,18)19/h17H,4-12H2,1-3H3,(H2,14,15,16). The van der Waals surface area contributed by atoms with E-state index in [1.807, 2.05) is 6.92 Å². The molecule has 0 aromatic heterocycles. The van der Waals surface area contributed by atoms with E-state index in [-0.39, 0.29) is 0 Å². The van der Waals surface area contributed by atoms with Gasteiger partial charge in [-0.05, 0) is 19.8 Å². The molecule has 0 amide bonds. The fraction of sp³-hybridized carbons (Fsp3) is 0.923. The second-order valence-corrected chi connectivity index (χ2v) is 6.60. The highest BCUT2D eigenvalue weighted by Gasteiger charge is 1.99. The summed E-state index contributed by atoms with van der Waals surface area (Å²) < 4.78 is 24.2. The minimum absolute atomic E-state index is 0.429. The molecule has 0 saturated carbocycles. The third-order valence-corrected chi connectivity index (χ3v) is 3.36. The molecule has 0 radical (unpaired) electrons. The average Bonchev–Trinajstić information content (AvgIpc) is 2.36. The van der Waals surface area contributed by atoms with Gasteiger partial charge in [-0.15, -0.1) is 0 Å². The highest BCUT2D eigenvalue weighted by atomic mass is 32.2. The van der Waals surface area contributed by atoms with E-state index in [1.165, 1.54) is 19.3 Å². The van der Waals surface area contributed by atoms with Crippen LogP contribution in [0.5, 0.6) is 0 Å². The molecular formula is C13H30N4O2S. The summed E-state index contributed by atoms with van der Waals surface area (Å²) in [5.41, 5.74) is 0. The van der Waals surface area contributed by atoms with Crippen molar-refractivity contribution in [3.05, 3.63) is 0 Å². The fourth-order valence-electron chi connectivity index (χ4n) is 1.63. The van der Waals surface area contributed by atoms with Crippen LogP contribution in [0.1, 0.15) is 46.0 Å². The van der Waals surface area contributed by atoms with Crippen LogP contribution in [-0.4, -0.2) is 46.8 Å². The zero-order chi connectivity index (χ0) is 15.3. The van der Waals surface area contributed by atoms with Gasteiger partial charge in [-0.1, -0.05) is 26.2 Å². The van der Waals surface area contributed by atoms with Crippen molar-refractivity contribution in [2.75, 3.05) is 32.4 Å². The minimum Gasteiger partial charge on any atom is -0.357 e. The third-order valence-electron chi connectivity index (χ3n) is 2.64. The van der Waals surface area contributed by atoms with Crippen molar-refractivity contribution >= 4 is 16.0 Å². The Bertz CT molecular complexity index is 355. The molecule has 0 rings (SSSR count). The Morgan fingerprint density at radius 1 is 1.00 bits per heavy atom. The van der Waals surface area contributed by atoms with Gasteiger partial charge < -0.3 is 10.6 Å². The number of aliphatic imine (C=N–C) groups is 1. The van der Waals surface area contributed by atoms with Crippen molar-refractivity contribution in [3.63, 3.8) is 0 Å². The Morgan fingerprint density at radius 2 is 1.75 bits per heavy atom. The summed E-state index contributed by atoms with van der Waals surface area (Å²) in [5, 5.41) is 6.47. The Morgan fingerprint density at radius 3 is 2.35 bits per heavy atom. The van der Waals surface area contributed by atoms with Crippen molar-refractivity contribution in [3.8, 4) is 0 Å². The lowest BCUT2D eigenvalue weighted by Crippen LogP contribution is -2.38. The van der Waals surface area contributed by atoms with E-state index in [4.69, 9.17) is 0 Å². The molecule has 6 nitrogen and oxygen atoms in total. The summed E-state index contributed by atoms with van der Waals surface area (Å²) >= 11 is 0. The summed E-state index contributed by atoms with van der Waals surface area (Å²) in [6, 6.07) is 0. The monoisotopic (exact) mass is 306 g/mol. The molecule has 0 heterocycles. The van der Waals surface area contributed by atoms with Gasteiger partial charge in [-0.2, -0.15) is 0 Å². The SMILES string of the molecule is CCCCCCNC(=NCCCNS(C)(=O)=O)NCC. The lowest BCUT2D eigenvalue weighted by molar-refractivity contribution is 0.585. The number of guanidine groups is 1. The van der Waals surface area contributed by atoms with Crippen molar-refractivity contribution in [2.45, 2.75) is 46.0 Å². The molecule has 0 aliphatic carbocycles. The molecule has 0 saturated heterocycles. The molecule has 0 fully saturated rings. The van der Waals surface area contributed by atoms with E-state index in [9.17, 15) is 8.42 Å². The summed E-state index contributed by atoms with van der Waals surface area (Å²) in [6.45, 7) is 7.00. The van der Waals surface area contributed by atoms with Gasteiger partial charge in [0.15, 0.2) is 5.96 Å². The third kappa shape index (κ3) is 13.6. The van der Waals surface area contributed by atoms with Crippen molar-refractivity contribution in [1.29, 1.82) is 0 Å². The maximum atomic E-state index is 10.9. The first-order chi connectivity index (χ1) is 9.49. The first-order valence-corrected chi connectivity index (χ1v) is 9.35. The summed E-state index contributed by atoms with van der Waals surface area (Å²) in [5.74, 6) is 0.809. The van der Waals surface area contributed by atoms with Crippen LogP contribution in [0, 0.1) is 0 Å².